The molecule has 20 nitrogen and oxygen atoms in total. The second kappa shape index (κ2) is 70.8. The van der Waals surface area contributed by atoms with Crippen LogP contribution in [-0.2, 0) is 112 Å². The molecule has 0 heterocycles. The fraction of sp³-hybridized carbons (Fsp3) is 0.462. The summed E-state index contributed by atoms with van der Waals surface area (Å²) in [5.41, 5.74) is 10.1. The predicted molar refractivity (Wildman–Crippen MR) is 610 cm³/mol. The molecule has 0 fully saturated rings. The molecule has 10 aromatic rings. The lowest BCUT2D eigenvalue weighted by Crippen LogP contribution is -2.07. The smallest absolute Gasteiger partial charge is 0.310 e. The van der Waals surface area contributed by atoms with E-state index in [1.807, 2.05) is 52.0 Å². The second-order valence-corrected chi connectivity index (χ2v) is 37.8. The van der Waals surface area contributed by atoms with E-state index in [9.17, 15) is 47.9 Å². The van der Waals surface area contributed by atoms with Crippen molar-refractivity contribution >= 4 is 59.7 Å². The molecule has 0 aliphatic carbocycles. The van der Waals surface area contributed by atoms with Crippen LogP contribution in [-0.4, -0.2) is 111 Å². The summed E-state index contributed by atoms with van der Waals surface area (Å²) in [7, 11) is 0. The predicted octanol–water partition coefficient (Wildman–Crippen LogP) is 30.7. The van der Waals surface area contributed by atoms with Crippen molar-refractivity contribution in [3.05, 3.63) is 354 Å². The van der Waals surface area contributed by atoms with E-state index in [-0.39, 0.29) is 51.6 Å². The number of carboxylic acids is 10. The number of rotatable bonds is 40. The van der Waals surface area contributed by atoms with Gasteiger partial charge in [0, 0.05) is 58.9 Å². The summed E-state index contributed by atoms with van der Waals surface area (Å²) in [6.45, 7) is 8.92. The Morgan fingerprint density at radius 3 is 0.440 bits per heavy atom. The number of benzene rings is 10. The summed E-state index contributed by atoms with van der Waals surface area (Å²) >= 11 is 0. The Kier molecular flexibility index (Phi) is 36.9. The van der Waals surface area contributed by atoms with E-state index < -0.39 is 247 Å². The van der Waals surface area contributed by atoms with E-state index in [0.29, 0.717) is 72.8 Å². The zero-order valence-electron chi connectivity index (χ0n) is 132. The van der Waals surface area contributed by atoms with Gasteiger partial charge in [-0.1, -0.05) is 381 Å². The largest absolute Gasteiger partial charge is 0.481 e. The highest BCUT2D eigenvalue weighted by Crippen LogP contribution is 2.28. The standard InChI is InChI=1S/10C13H18O2/c10*1-9(2)8-11-4-6-12(7-5-11)10(3)13(14)15/h10*4-7,9-10H,8H2,1-3H3,(H,14,15)/i3D3,9D,10D;3D3,8D2,10D;1D3,3D3,10D;9D,10D;3D3,9D;3D3,8D2;1D3,10D;1D3,3D3;9D;1D3. The molecule has 14 unspecified atom stereocenters. The average molecular weight is 2110 g/mol. The summed E-state index contributed by atoms with van der Waals surface area (Å²) < 4.78 is 321. The van der Waals surface area contributed by atoms with Crippen molar-refractivity contribution in [3.63, 3.8) is 0 Å². The van der Waals surface area contributed by atoms with Gasteiger partial charge in [0.2, 0.25) is 0 Å². The van der Waals surface area contributed by atoms with Gasteiger partial charge >= 0.3 is 59.7 Å². The summed E-state index contributed by atoms with van der Waals surface area (Å²) in [5, 5.41) is 90.1. The zero-order chi connectivity index (χ0) is 151. The molecule has 0 aliphatic heterocycles. The fourth-order valence-corrected chi connectivity index (χ4v) is 13.4. The van der Waals surface area contributed by atoms with Crippen LogP contribution in [0.1, 0.15) is 436 Å². The SMILES string of the molecule is [2H]C(C)(C(=O)O)c1ccc(CC(C)C([2H])([2H])[2H])cc1.[2H]C(C)(C)Cc1ccc(C(C(=O)O)C([2H])([2H])[2H])cc1.[2H]C(C)(C)Cc1ccc(C(C)C(=O)O)cc1.[2H]C(C)(C)Cc1ccc(C([2H])(C(=O)O)C([2H])([2H])[2H])cc1.[2H]C(C)(C)Cc1ccc(C([2H])(C)C(=O)O)cc1.[2H]C([2H])([2H])C(C(=O)O)c1ccc(C([2H])([2H])C(C)C)cc1.[2H]C([2H])([2H])C(C)Cc1ccc(C(C(=O)O)C([2H])([2H])[2H])cc1.[2H]C([2H])([2H])C(C)Cc1ccc(C(C)C(=O)O)cc1.[2H]C([2H])([2H])C(C)Cc1ccc(C([2H])(C(=O)O)C([2H])([2H])[2H])cc1.[2H]C([2H])(c1ccc(C([2H])(C(=O)O)C([2H])([2H])[2H])cc1)C(C)C. The Morgan fingerprint density at radius 1 is 0.173 bits per heavy atom. The van der Waals surface area contributed by atoms with Crippen LogP contribution in [0.3, 0.4) is 0 Å². The average Bonchev–Trinajstić information content (AvgIpc) is 0.735. The molecule has 0 saturated carbocycles. The van der Waals surface area contributed by atoms with Gasteiger partial charge in [0.15, 0.2) is 0 Å². The van der Waals surface area contributed by atoms with Crippen molar-refractivity contribution in [2.24, 2.45) is 59.1 Å². The molecule has 20 heteroatoms. The Hall–Kier alpha value is -13.1. The first-order valence-corrected chi connectivity index (χ1v) is 48.4. The zero-order valence-corrected chi connectivity index (χ0v) is 89.2. The lowest BCUT2D eigenvalue weighted by molar-refractivity contribution is -0.139. The van der Waals surface area contributed by atoms with E-state index in [1.54, 1.807) is 206 Å². The highest BCUT2D eigenvalue weighted by atomic mass is 16.4. The van der Waals surface area contributed by atoms with Gasteiger partial charge in [-0.05, 0) is 303 Å². The minimum Gasteiger partial charge on any atom is -0.481 e. The van der Waals surface area contributed by atoms with Crippen molar-refractivity contribution in [2.75, 3.05) is 0 Å². The van der Waals surface area contributed by atoms with Crippen molar-refractivity contribution in [1.82, 2.24) is 0 Å². The van der Waals surface area contributed by atoms with Crippen LogP contribution in [0.25, 0.3) is 0 Å². The van der Waals surface area contributed by atoms with Crippen LogP contribution < -0.4 is 0 Å². The molecule has 10 N–H and O–H groups in total. The maximum Gasteiger partial charge on any atom is 0.310 e. The van der Waals surface area contributed by atoms with Crippen LogP contribution in [0.4, 0.5) is 0 Å². The van der Waals surface area contributed by atoms with Crippen LogP contribution in [0.15, 0.2) is 243 Å². The lowest BCUT2D eigenvalue weighted by Gasteiger charge is -2.09. The Bertz CT molecular complexity index is 7530. The van der Waals surface area contributed by atoms with Crippen molar-refractivity contribution < 1.29 is 158 Å². The van der Waals surface area contributed by atoms with E-state index in [4.69, 9.17) is 110 Å². The first kappa shape index (κ1) is 78.1. The minimum absolute atomic E-state index is 0.0865. The normalized spacial score (nSPS) is 20.1. The van der Waals surface area contributed by atoms with Crippen LogP contribution in [0.2, 0.25) is 0 Å². The third kappa shape index (κ3) is 56.5. The number of aliphatic carboxylic acids is 10. The maximum absolute atomic E-state index is 11.2. The van der Waals surface area contributed by atoms with Gasteiger partial charge in [-0.15, -0.1) is 0 Å². The maximum atomic E-state index is 11.2. The number of hydrogen-bond donors (Lipinski definition) is 10. The Balaban J connectivity index is 0.00000107. The molecule has 14 atom stereocenters. The van der Waals surface area contributed by atoms with Gasteiger partial charge in [-0.2, -0.15) is 0 Å². The lowest BCUT2D eigenvalue weighted by atomic mass is 9.97. The quantitative estimate of drug-likeness (QED) is 0.0170. The van der Waals surface area contributed by atoms with Crippen molar-refractivity contribution in [3.8, 4) is 0 Å². The molecule has 0 saturated heterocycles. The topological polar surface area (TPSA) is 373 Å². The molecule has 0 bridgehead atoms. The number of hydrogen-bond acceptors (Lipinski definition) is 10. The molecule has 0 aliphatic rings. The number of carboxylic acid groups (broad SMARTS) is 10. The Morgan fingerprint density at radius 2 is 0.313 bits per heavy atom. The summed E-state index contributed by atoms with van der Waals surface area (Å²) in [6, 6.07) is 62.5. The summed E-state index contributed by atoms with van der Waals surface area (Å²) in [5.74, 6) is -35.5. The van der Waals surface area contributed by atoms with Gasteiger partial charge < -0.3 is 51.1 Å². The first-order chi connectivity index (χ1) is 86.6. The minimum atomic E-state index is -3.03. The highest BCUT2D eigenvalue weighted by molar-refractivity contribution is 5.80. The van der Waals surface area contributed by atoms with E-state index in [0.717, 1.165) is 50.1 Å². The third-order valence-corrected chi connectivity index (χ3v) is 21.3. The van der Waals surface area contributed by atoms with E-state index >= 15 is 0 Å². The second-order valence-electron chi connectivity index (χ2n) is 37.8. The van der Waals surface area contributed by atoms with Crippen LogP contribution >= 0.6 is 0 Å². The molecule has 820 valence electrons. The van der Waals surface area contributed by atoms with Gasteiger partial charge in [0.1, 0.15) is 0 Å². The van der Waals surface area contributed by atoms with Crippen molar-refractivity contribution in [2.45, 2.75) is 330 Å². The van der Waals surface area contributed by atoms with Crippen molar-refractivity contribution in [1.29, 1.82) is 0 Å². The van der Waals surface area contributed by atoms with Gasteiger partial charge in [0.05, 0.1) is 59.1 Å². The van der Waals surface area contributed by atoms with Gasteiger partial charge in [-0.25, -0.2) is 0 Å². The molecule has 10 rings (SSSR count). The van der Waals surface area contributed by atoms with E-state index in [2.05, 4.69) is 0 Å². The summed E-state index contributed by atoms with van der Waals surface area (Å²) in [4.78, 5) is 110. The molecular weight excluding hydrogens is 1880 g/mol. The third-order valence-electron chi connectivity index (χ3n) is 21.3. The molecular formula is C130H180O20. The van der Waals surface area contributed by atoms with Crippen LogP contribution in [0, 0.1) is 59.1 Å². The fourth-order valence-electron chi connectivity index (χ4n) is 13.4. The van der Waals surface area contributed by atoms with Gasteiger partial charge in [-0.3, -0.25) is 47.9 Å². The molecule has 10 aromatic carbocycles. The summed E-state index contributed by atoms with van der Waals surface area (Å²) in [6.07, 6.45) is 0.549. The highest BCUT2D eigenvalue weighted by Gasteiger charge is 2.23. The molecule has 0 radical (unpaired) electrons. The molecule has 0 amide bonds. The van der Waals surface area contributed by atoms with Gasteiger partial charge in [0.25, 0.3) is 0 Å². The molecule has 0 aromatic heterocycles. The van der Waals surface area contributed by atoms with E-state index in [1.165, 1.54) is 123 Å². The number of carbonyl (C=O) groups is 10. The first-order valence-electron chi connectivity index (χ1n) is 69.9. The monoisotopic (exact) mass is 2100 g/mol. The Labute approximate surface area is 958 Å². The molecule has 0 spiro atoms. The van der Waals surface area contributed by atoms with Crippen LogP contribution in [0.5, 0.6) is 0 Å². The molecule has 150 heavy (non-hydrogen) atoms.